The van der Waals surface area contributed by atoms with Gasteiger partial charge in [0, 0.05) is 58.3 Å². The number of thioether (sulfide) groups is 1. The molecule has 34 heavy (non-hydrogen) atoms. The third kappa shape index (κ3) is 5.98. The summed E-state index contributed by atoms with van der Waals surface area (Å²) in [5.41, 5.74) is 2.38. The summed E-state index contributed by atoms with van der Waals surface area (Å²) in [6.07, 6.45) is 5.03. The van der Waals surface area contributed by atoms with Gasteiger partial charge in [-0.25, -0.2) is 9.97 Å². The van der Waals surface area contributed by atoms with Crippen LogP contribution in [0.4, 0.5) is 4.39 Å². The summed E-state index contributed by atoms with van der Waals surface area (Å²) < 4.78 is 25.0. The molecule has 0 unspecified atom stereocenters. The summed E-state index contributed by atoms with van der Waals surface area (Å²) in [7, 11) is 0. The van der Waals surface area contributed by atoms with E-state index in [0.29, 0.717) is 18.2 Å². The van der Waals surface area contributed by atoms with E-state index >= 15 is 0 Å². The van der Waals surface area contributed by atoms with Gasteiger partial charge in [0.15, 0.2) is 0 Å². The highest BCUT2D eigenvalue weighted by atomic mass is 79.9. The lowest BCUT2D eigenvalue weighted by molar-refractivity contribution is -0.143. The van der Waals surface area contributed by atoms with Crippen molar-refractivity contribution in [3.8, 4) is 11.8 Å². The molecule has 1 fully saturated rings. The predicted octanol–water partition coefficient (Wildman–Crippen LogP) is 5.50. The molecular formula is C25H29BrFN3O3S. The molecule has 0 radical (unpaired) electrons. The highest BCUT2D eigenvalue weighted by Gasteiger charge is 2.27. The van der Waals surface area contributed by atoms with Crippen molar-refractivity contribution in [3.05, 3.63) is 46.2 Å². The minimum atomic E-state index is -0.566. The Morgan fingerprint density at radius 3 is 2.76 bits per heavy atom. The molecule has 2 aliphatic rings. The third-order valence-corrected chi connectivity index (χ3v) is 7.83. The van der Waals surface area contributed by atoms with E-state index in [1.807, 2.05) is 39.0 Å². The number of likely N-dealkylation sites (tertiary alicyclic amines) is 1. The third-order valence-electron chi connectivity index (χ3n) is 5.70. The first-order chi connectivity index (χ1) is 16.2. The normalized spacial score (nSPS) is 18.7. The van der Waals surface area contributed by atoms with E-state index in [2.05, 4.69) is 30.8 Å². The minimum Gasteiger partial charge on any atom is -0.459 e. The summed E-state index contributed by atoms with van der Waals surface area (Å²) >= 11 is 5.40. The zero-order valence-electron chi connectivity index (χ0n) is 19.6. The number of aromatic nitrogens is 2. The van der Waals surface area contributed by atoms with Gasteiger partial charge in [-0.05, 0) is 57.4 Å². The molecule has 3 heterocycles. The minimum absolute atomic E-state index is 0.0254. The van der Waals surface area contributed by atoms with Crippen molar-refractivity contribution < 1.29 is 18.7 Å². The Labute approximate surface area is 212 Å². The number of carbonyl (C=O) groups is 1. The molecule has 1 atom stereocenters. The lowest BCUT2D eigenvalue weighted by Gasteiger charge is -2.22. The molecule has 6 nitrogen and oxygen atoms in total. The highest BCUT2D eigenvalue weighted by Crippen LogP contribution is 2.44. The molecule has 1 aromatic carbocycles. The van der Waals surface area contributed by atoms with Crippen LogP contribution in [0.15, 0.2) is 40.0 Å². The van der Waals surface area contributed by atoms with Crippen LogP contribution in [0.25, 0.3) is 5.57 Å². The van der Waals surface area contributed by atoms with Crippen LogP contribution < -0.4 is 9.47 Å². The SMILES string of the molecule is CC(C)(C)C(=O)Oc1ccc2c(c1)SCC(Br)=C2c1cnc(O[C@H]2CCN(CCCF)C2)nc1. The van der Waals surface area contributed by atoms with Gasteiger partial charge in [0.25, 0.3) is 0 Å². The number of alkyl halides is 1. The summed E-state index contributed by atoms with van der Waals surface area (Å²) in [4.78, 5) is 24.4. The van der Waals surface area contributed by atoms with E-state index in [1.54, 1.807) is 24.2 Å². The monoisotopic (exact) mass is 549 g/mol. The van der Waals surface area contributed by atoms with Crippen LogP contribution in [0.1, 0.15) is 44.7 Å². The van der Waals surface area contributed by atoms with Crippen molar-refractivity contribution in [2.24, 2.45) is 5.41 Å². The second kappa shape index (κ2) is 10.7. The van der Waals surface area contributed by atoms with Crippen LogP contribution >= 0.6 is 27.7 Å². The fourth-order valence-electron chi connectivity index (χ4n) is 3.86. The first-order valence-corrected chi connectivity index (χ1v) is 13.2. The fraction of sp³-hybridized carbons (Fsp3) is 0.480. The van der Waals surface area contributed by atoms with Gasteiger partial charge < -0.3 is 9.47 Å². The zero-order chi connectivity index (χ0) is 24.3. The molecular weight excluding hydrogens is 521 g/mol. The molecule has 4 rings (SSSR count). The van der Waals surface area contributed by atoms with E-state index in [-0.39, 0.29) is 18.7 Å². The van der Waals surface area contributed by atoms with Crippen molar-refractivity contribution in [1.82, 2.24) is 14.9 Å². The molecule has 0 saturated carbocycles. The number of benzene rings is 1. The Morgan fingerprint density at radius 2 is 2.06 bits per heavy atom. The van der Waals surface area contributed by atoms with E-state index in [4.69, 9.17) is 9.47 Å². The van der Waals surface area contributed by atoms with Gasteiger partial charge in [-0.2, -0.15) is 0 Å². The smallest absolute Gasteiger partial charge is 0.316 e. The number of hydrogen-bond acceptors (Lipinski definition) is 7. The van der Waals surface area contributed by atoms with Gasteiger partial charge in [-0.3, -0.25) is 14.1 Å². The van der Waals surface area contributed by atoms with E-state index < -0.39 is 5.41 Å². The number of esters is 1. The topological polar surface area (TPSA) is 64.6 Å². The van der Waals surface area contributed by atoms with Crippen LogP contribution in [0, 0.1) is 5.41 Å². The lowest BCUT2D eigenvalue weighted by atomic mass is 9.97. The van der Waals surface area contributed by atoms with Gasteiger partial charge in [0.2, 0.25) is 0 Å². The van der Waals surface area contributed by atoms with Crippen LogP contribution in [0.5, 0.6) is 11.8 Å². The van der Waals surface area contributed by atoms with Gasteiger partial charge in [-0.1, -0.05) is 15.9 Å². The van der Waals surface area contributed by atoms with Gasteiger partial charge in [0.05, 0.1) is 12.1 Å². The number of halogens is 2. The standard InChI is InChI=1S/C25H29BrFN3O3S/c1-25(2,3)23(31)32-17-5-6-19-21(11-17)34-15-20(26)22(19)16-12-28-24(29-13-16)33-18-7-10-30(14-18)9-4-8-27/h5-6,11-13,18H,4,7-10,14-15H2,1-3H3/t18-/m0/s1. The number of hydrogen-bond donors (Lipinski definition) is 0. The maximum atomic E-state index is 12.4. The van der Waals surface area contributed by atoms with Crippen LogP contribution in [-0.2, 0) is 4.79 Å². The van der Waals surface area contributed by atoms with E-state index in [1.165, 1.54) is 0 Å². The quantitative estimate of drug-likeness (QED) is 0.333. The Kier molecular flexibility index (Phi) is 7.94. The van der Waals surface area contributed by atoms with Crippen molar-refractivity contribution in [3.63, 3.8) is 0 Å². The summed E-state index contributed by atoms with van der Waals surface area (Å²) in [5, 5.41) is 0. The summed E-state index contributed by atoms with van der Waals surface area (Å²) in [5.74, 6) is 1.04. The molecule has 1 saturated heterocycles. The first kappa shape index (κ1) is 25.1. The molecule has 0 bridgehead atoms. The Balaban J connectivity index is 1.47. The Morgan fingerprint density at radius 1 is 1.29 bits per heavy atom. The number of nitrogens with zero attached hydrogens (tertiary/aromatic N) is 3. The summed E-state index contributed by atoms with van der Waals surface area (Å²) in [6.45, 7) is 7.66. The number of fused-ring (bicyclic) bond motifs is 1. The van der Waals surface area contributed by atoms with Crippen molar-refractivity contribution in [1.29, 1.82) is 0 Å². The van der Waals surface area contributed by atoms with Crippen molar-refractivity contribution in [2.75, 3.05) is 32.1 Å². The van der Waals surface area contributed by atoms with E-state index in [0.717, 1.165) is 57.9 Å². The average molecular weight is 550 g/mol. The Hall–Kier alpha value is -1.97. The first-order valence-electron chi connectivity index (χ1n) is 11.4. The largest absolute Gasteiger partial charge is 0.459 e. The molecule has 0 amide bonds. The van der Waals surface area contributed by atoms with Gasteiger partial charge in [-0.15, -0.1) is 11.8 Å². The van der Waals surface area contributed by atoms with Crippen LogP contribution in [0.2, 0.25) is 0 Å². The zero-order valence-corrected chi connectivity index (χ0v) is 22.0. The molecule has 2 aromatic rings. The van der Waals surface area contributed by atoms with Crippen molar-refractivity contribution in [2.45, 2.75) is 44.6 Å². The van der Waals surface area contributed by atoms with Crippen molar-refractivity contribution >= 4 is 39.2 Å². The average Bonchev–Trinajstić information content (AvgIpc) is 3.25. The van der Waals surface area contributed by atoms with E-state index in [9.17, 15) is 9.18 Å². The van der Waals surface area contributed by atoms with Gasteiger partial charge in [0.1, 0.15) is 11.9 Å². The predicted molar refractivity (Wildman–Crippen MR) is 135 cm³/mol. The fourth-order valence-corrected chi connectivity index (χ4v) is 5.60. The highest BCUT2D eigenvalue weighted by molar-refractivity contribution is 9.12. The van der Waals surface area contributed by atoms with Gasteiger partial charge >= 0.3 is 12.0 Å². The maximum Gasteiger partial charge on any atom is 0.316 e. The number of rotatable bonds is 7. The molecule has 182 valence electrons. The molecule has 2 aliphatic heterocycles. The Bertz CT molecular complexity index is 1070. The summed E-state index contributed by atoms with van der Waals surface area (Å²) in [6, 6.07) is 6.06. The number of ether oxygens (including phenoxy) is 2. The van der Waals surface area contributed by atoms with Crippen LogP contribution in [0.3, 0.4) is 0 Å². The molecule has 0 aliphatic carbocycles. The lowest BCUT2D eigenvalue weighted by Crippen LogP contribution is -2.26. The second-order valence-electron chi connectivity index (χ2n) is 9.49. The number of carbonyl (C=O) groups excluding carboxylic acids is 1. The molecule has 0 N–H and O–H groups in total. The maximum absolute atomic E-state index is 12.4. The second-order valence-corrected chi connectivity index (χ2v) is 11.5. The van der Waals surface area contributed by atoms with Crippen LogP contribution in [-0.4, -0.2) is 59.0 Å². The molecule has 9 heteroatoms. The molecule has 0 spiro atoms. The molecule has 1 aromatic heterocycles.